The number of sulfone groups is 1. The van der Waals surface area contributed by atoms with Crippen LogP contribution in [0.25, 0.3) is 0 Å². The Morgan fingerprint density at radius 3 is 2.47 bits per heavy atom. The lowest BCUT2D eigenvalue weighted by atomic mass is 10.0. The third-order valence-electron chi connectivity index (χ3n) is 2.37. The molecule has 0 amide bonds. The molecular formula is C12H17BrO2S2. The zero-order valence-corrected chi connectivity index (χ0v) is 13.0. The summed E-state index contributed by atoms with van der Waals surface area (Å²) >= 11 is 5.21. The van der Waals surface area contributed by atoms with Gasteiger partial charge in [-0.15, -0.1) is 0 Å². The summed E-state index contributed by atoms with van der Waals surface area (Å²) in [6.07, 6.45) is 1.28. The number of hydrogen-bond donors (Lipinski definition) is 0. The lowest BCUT2D eigenvalue weighted by molar-refractivity contribution is 0.603. The summed E-state index contributed by atoms with van der Waals surface area (Å²) < 4.78 is 22.0. The molecule has 5 heteroatoms. The van der Waals surface area contributed by atoms with Crippen LogP contribution in [-0.2, 0) is 9.84 Å². The largest absolute Gasteiger partial charge is 0.229 e. The van der Waals surface area contributed by atoms with Crippen molar-refractivity contribution >= 4 is 37.5 Å². The van der Waals surface area contributed by atoms with Crippen molar-refractivity contribution < 1.29 is 8.42 Å². The lowest BCUT2D eigenvalue weighted by Gasteiger charge is -2.13. The predicted molar refractivity (Wildman–Crippen MR) is 80.0 cm³/mol. The fourth-order valence-electron chi connectivity index (χ4n) is 1.39. The smallest absolute Gasteiger partial charge is 0.148 e. The number of benzene rings is 1. The van der Waals surface area contributed by atoms with Crippen LogP contribution in [-0.4, -0.2) is 37.3 Å². The fourth-order valence-corrected chi connectivity index (χ4v) is 4.74. The maximum Gasteiger partial charge on any atom is 0.148 e. The van der Waals surface area contributed by atoms with Gasteiger partial charge in [-0.3, -0.25) is 0 Å². The molecular weight excluding hydrogens is 320 g/mol. The molecule has 0 aliphatic rings. The van der Waals surface area contributed by atoms with Crippen molar-refractivity contribution in [3.63, 3.8) is 0 Å². The molecule has 1 atom stereocenters. The van der Waals surface area contributed by atoms with Crippen LogP contribution in [0, 0.1) is 0 Å². The zero-order chi connectivity index (χ0) is 12.7. The first-order valence-corrected chi connectivity index (χ1v) is 9.73. The van der Waals surface area contributed by atoms with Crippen LogP contribution in [0.2, 0.25) is 0 Å². The van der Waals surface area contributed by atoms with Crippen LogP contribution >= 0.6 is 27.7 Å². The van der Waals surface area contributed by atoms with E-state index < -0.39 is 9.84 Å². The van der Waals surface area contributed by atoms with Gasteiger partial charge >= 0.3 is 0 Å². The van der Waals surface area contributed by atoms with Crippen LogP contribution in [0.5, 0.6) is 0 Å². The van der Waals surface area contributed by atoms with Gasteiger partial charge in [-0.05, 0) is 5.56 Å². The highest BCUT2D eigenvalue weighted by atomic mass is 79.9. The number of alkyl halides is 1. The Labute approximate surface area is 116 Å². The first-order valence-electron chi connectivity index (χ1n) is 5.39. The molecule has 0 spiro atoms. The van der Waals surface area contributed by atoms with Gasteiger partial charge in [-0.2, -0.15) is 11.8 Å². The minimum atomic E-state index is -2.83. The van der Waals surface area contributed by atoms with E-state index in [1.165, 1.54) is 11.8 Å². The van der Waals surface area contributed by atoms with Crippen molar-refractivity contribution in [1.82, 2.24) is 0 Å². The molecule has 0 heterocycles. The molecule has 0 radical (unpaired) electrons. The van der Waals surface area contributed by atoms with Crippen molar-refractivity contribution in [2.45, 2.75) is 5.92 Å². The zero-order valence-electron chi connectivity index (χ0n) is 9.80. The van der Waals surface area contributed by atoms with Gasteiger partial charge in [-0.25, -0.2) is 8.42 Å². The summed E-state index contributed by atoms with van der Waals surface area (Å²) in [6, 6.07) is 10.3. The van der Waals surface area contributed by atoms with Gasteiger partial charge in [0.1, 0.15) is 9.84 Å². The van der Waals surface area contributed by atoms with Gasteiger partial charge in [-0.1, -0.05) is 46.3 Å². The summed E-state index contributed by atoms with van der Waals surface area (Å²) in [5.74, 6) is 2.34. The minimum absolute atomic E-state index is 0.265. The van der Waals surface area contributed by atoms with E-state index in [1.54, 1.807) is 11.8 Å². The molecule has 1 unspecified atom stereocenters. The second kappa shape index (κ2) is 7.44. The maximum absolute atomic E-state index is 11.0. The molecule has 17 heavy (non-hydrogen) atoms. The van der Waals surface area contributed by atoms with Crippen molar-refractivity contribution in [3.8, 4) is 0 Å². The predicted octanol–water partition coefficient (Wildman–Crippen LogP) is 2.94. The molecule has 96 valence electrons. The maximum atomic E-state index is 11.0. The van der Waals surface area contributed by atoms with Crippen LogP contribution in [0.1, 0.15) is 11.5 Å². The van der Waals surface area contributed by atoms with Crippen LogP contribution < -0.4 is 0 Å². The SMILES string of the molecule is CS(=O)(=O)CCSCC(CBr)c1ccccc1. The lowest BCUT2D eigenvalue weighted by Crippen LogP contribution is -2.08. The average molecular weight is 337 g/mol. The quantitative estimate of drug-likeness (QED) is 0.567. The molecule has 0 fully saturated rings. The Balaban J connectivity index is 2.39. The summed E-state index contributed by atoms with van der Waals surface area (Å²) in [6.45, 7) is 0. The third-order valence-corrected chi connectivity index (χ3v) is 5.49. The molecule has 2 nitrogen and oxygen atoms in total. The monoisotopic (exact) mass is 336 g/mol. The van der Waals surface area contributed by atoms with Crippen molar-refractivity contribution in [2.75, 3.05) is 28.8 Å². The summed E-state index contributed by atoms with van der Waals surface area (Å²) in [4.78, 5) is 0. The summed E-state index contributed by atoms with van der Waals surface area (Å²) in [7, 11) is -2.83. The molecule has 0 saturated heterocycles. The topological polar surface area (TPSA) is 34.1 Å². The molecule has 0 aromatic heterocycles. The summed E-state index contributed by atoms with van der Waals surface area (Å²) in [5, 5.41) is 0.906. The Morgan fingerprint density at radius 2 is 1.94 bits per heavy atom. The van der Waals surface area contributed by atoms with E-state index in [4.69, 9.17) is 0 Å². The van der Waals surface area contributed by atoms with Crippen molar-refractivity contribution in [2.24, 2.45) is 0 Å². The summed E-state index contributed by atoms with van der Waals surface area (Å²) in [5.41, 5.74) is 1.30. The van der Waals surface area contributed by atoms with Gasteiger partial charge in [0, 0.05) is 29.0 Å². The average Bonchev–Trinajstić information content (AvgIpc) is 2.29. The highest BCUT2D eigenvalue weighted by molar-refractivity contribution is 9.09. The number of rotatable bonds is 7. The van der Waals surface area contributed by atoms with E-state index in [0.717, 1.165) is 11.1 Å². The molecule has 0 aliphatic carbocycles. The third kappa shape index (κ3) is 6.48. The molecule has 1 rings (SSSR count). The Bertz CT molecular complexity index is 417. The van der Waals surface area contributed by atoms with Gasteiger partial charge in [0.15, 0.2) is 0 Å². The van der Waals surface area contributed by atoms with Gasteiger partial charge < -0.3 is 0 Å². The highest BCUT2D eigenvalue weighted by Gasteiger charge is 2.10. The van der Waals surface area contributed by atoms with Crippen LogP contribution in [0.15, 0.2) is 30.3 Å². The van der Waals surface area contributed by atoms with Crippen molar-refractivity contribution in [1.29, 1.82) is 0 Å². The highest BCUT2D eigenvalue weighted by Crippen LogP contribution is 2.22. The van der Waals surface area contributed by atoms with E-state index in [1.807, 2.05) is 18.2 Å². The van der Waals surface area contributed by atoms with Crippen molar-refractivity contribution in [3.05, 3.63) is 35.9 Å². The van der Waals surface area contributed by atoms with Crippen LogP contribution in [0.3, 0.4) is 0 Å². The van der Waals surface area contributed by atoms with E-state index >= 15 is 0 Å². The second-order valence-corrected chi connectivity index (χ2v) is 8.02. The molecule has 0 aliphatic heterocycles. The fraction of sp³-hybridized carbons (Fsp3) is 0.500. The number of halogens is 1. The molecule has 1 aromatic rings. The molecule has 0 saturated carbocycles. The second-order valence-electron chi connectivity index (χ2n) is 3.97. The van der Waals surface area contributed by atoms with Gasteiger partial charge in [0.2, 0.25) is 0 Å². The number of hydrogen-bond acceptors (Lipinski definition) is 3. The first-order chi connectivity index (χ1) is 8.03. The van der Waals surface area contributed by atoms with E-state index in [0.29, 0.717) is 11.7 Å². The molecule has 0 bridgehead atoms. The van der Waals surface area contributed by atoms with Gasteiger partial charge in [0.05, 0.1) is 5.75 Å². The Hall–Kier alpha value is -0.000000000000000111. The van der Waals surface area contributed by atoms with E-state index in [-0.39, 0.29) is 5.75 Å². The number of thioether (sulfide) groups is 1. The Kier molecular flexibility index (Phi) is 6.59. The van der Waals surface area contributed by atoms with E-state index in [2.05, 4.69) is 28.1 Å². The Morgan fingerprint density at radius 1 is 1.29 bits per heavy atom. The minimum Gasteiger partial charge on any atom is -0.229 e. The standard InChI is InChI=1S/C12H17BrO2S2/c1-17(14,15)8-7-16-10-12(9-13)11-5-3-2-4-6-11/h2-6,12H,7-10H2,1H3. The molecule has 1 aromatic carbocycles. The first kappa shape index (κ1) is 15.1. The van der Waals surface area contributed by atoms with Gasteiger partial charge in [0.25, 0.3) is 0 Å². The molecule has 0 N–H and O–H groups in total. The normalized spacial score (nSPS) is 13.5. The van der Waals surface area contributed by atoms with Crippen LogP contribution in [0.4, 0.5) is 0 Å². The van der Waals surface area contributed by atoms with E-state index in [9.17, 15) is 8.42 Å².